The predicted molar refractivity (Wildman–Crippen MR) is 72.0 cm³/mol. The summed E-state index contributed by atoms with van der Waals surface area (Å²) in [5.41, 5.74) is 0.290. The van der Waals surface area contributed by atoms with Crippen LogP contribution >= 0.6 is 0 Å². The molecule has 0 radical (unpaired) electrons. The molecule has 1 aliphatic rings. The number of piperidine rings is 1. The molecule has 0 aliphatic carbocycles. The maximum atomic E-state index is 12.2. The second-order valence-electron chi connectivity index (χ2n) is 5.05. The maximum Gasteiger partial charge on any atom is 0.257 e. The van der Waals surface area contributed by atoms with Crippen LogP contribution in [0.25, 0.3) is 0 Å². The van der Waals surface area contributed by atoms with Gasteiger partial charge in [0.2, 0.25) is 0 Å². The lowest BCUT2D eigenvalue weighted by atomic mass is 9.87. The lowest BCUT2D eigenvalue weighted by Gasteiger charge is -2.37. The highest BCUT2D eigenvalue weighted by molar-refractivity contribution is 5.93. The van der Waals surface area contributed by atoms with Gasteiger partial charge >= 0.3 is 0 Å². The van der Waals surface area contributed by atoms with E-state index in [-0.39, 0.29) is 5.91 Å². The number of aliphatic hydroxyl groups is 1. The Balaban J connectivity index is 1.69. The summed E-state index contributed by atoms with van der Waals surface area (Å²) < 4.78 is 4.93. The standard InChI is InChI=1S/C15H16N2O3/c18-14(12-4-10-20-11-12)17-8-5-15(19,6-9-17)13-3-1-2-7-16-13/h1-4,7,10-11,19H,5-6,8-9H2. The van der Waals surface area contributed by atoms with Crippen LogP contribution < -0.4 is 0 Å². The molecule has 1 saturated heterocycles. The van der Waals surface area contributed by atoms with E-state index < -0.39 is 5.60 Å². The molecule has 0 unspecified atom stereocenters. The summed E-state index contributed by atoms with van der Waals surface area (Å²) in [7, 11) is 0. The smallest absolute Gasteiger partial charge is 0.257 e. The quantitative estimate of drug-likeness (QED) is 0.905. The van der Waals surface area contributed by atoms with E-state index in [1.54, 1.807) is 17.2 Å². The van der Waals surface area contributed by atoms with Crippen LogP contribution in [0.15, 0.2) is 47.4 Å². The number of rotatable bonds is 2. The van der Waals surface area contributed by atoms with Crippen molar-refractivity contribution in [3.63, 3.8) is 0 Å². The first-order valence-electron chi connectivity index (χ1n) is 6.64. The molecule has 0 aromatic carbocycles. The van der Waals surface area contributed by atoms with Crippen molar-refractivity contribution in [2.75, 3.05) is 13.1 Å². The average molecular weight is 272 g/mol. The van der Waals surface area contributed by atoms with Gasteiger partial charge in [0.15, 0.2) is 0 Å². The number of hydrogen-bond donors (Lipinski definition) is 1. The molecule has 3 rings (SSSR count). The summed E-state index contributed by atoms with van der Waals surface area (Å²) in [6.45, 7) is 1.02. The van der Waals surface area contributed by atoms with Crippen LogP contribution in [0.2, 0.25) is 0 Å². The van der Waals surface area contributed by atoms with Crippen molar-refractivity contribution in [3.05, 3.63) is 54.2 Å². The van der Waals surface area contributed by atoms with Gasteiger partial charge < -0.3 is 14.4 Å². The van der Waals surface area contributed by atoms with Gasteiger partial charge in [-0.3, -0.25) is 9.78 Å². The Labute approximate surface area is 116 Å². The van der Waals surface area contributed by atoms with E-state index in [4.69, 9.17) is 4.42 Å². The van der Waals surface area contributed by atoms with E-state index in [1.165, 1.54) is 12.5 Å². The lowest BCUT2D eigenvalue weighted by Crippen LogP contribution is -2.45. The zero-order valence-corrected chi connectivity index (χ0v) is 11.0. The Hall–Kier alpha value is -2.14. The molecule has 0 saturated carbocycles. The van der Waals surface area contributed by atoms with Gasteiger partial charge in [-0.15, -0.1) is 0 Å². The largest absolute Gasteiger partial charge is 0.472 e. The van der Waals surface area contributed by atoms with Crippen molar-refractivity contribution < 1.29 is 14.3 Å². The summed E-state index contributed by atoms with van der Waals surface area (Å²) in [5, 5.41) is 10.7. The van der Waals surface area contributed by atoms with Crippen molar-refractivity contribution in [1.82, 2.24) is 9.88 Å². The Bertz CT molecular complexity index is 572. The number of carbonyl (C=O) groups is 1. The molecule has 104 valence electrons. The van der Waals surface area contributed by atoms with Crippen molar-refractivity contribution in [2.24, 2.45) is 0 Å². The summed E-state index contributed by atoms with van der Waals surface area (Å²) in [5.74, 6) is -0.0539. The van der Waals surface area contributed by atoms with Gasteiger partial charge in [-0.05, 0) is 31.0 Å². The number of carbonyl (C=O) groups excluding carboxylic acids is 1. The summed E-state index contributed by atoms with van der Waals surface area (Å²) in [4.78, 5) is 18.1. The first kappa shape index (κ1) is 12.9. The van der Waals surface area contributed by atoms with Gasteiger partial charge in [0, 0.05) is 19.3 Å². The molecule has 2 aromatic heterocycles. The molecule has 1 fully saturated rings. The van der Waals surface area contributed by atoms with Crippen molar-refractivity contribution in [1.29, 1.82) is 0 Å². The third kappa shape index (κ3) is 2.32. The fourth-order valence-electron chi connectivity index (χ4n) is 2.54. The van der Waals surface area contributed by atoms with Crippen LogP contribution in [-0.4, -0.2) is 34.0 Å². The van der Waals surface area contributed by atoms with Crippen molar-refractivity contribution in [2.45, 2.75) is 18.4 Å². The monoisotopic (exact) mass is 272 g/mol. The van der Waals surface area contributed by atoms with Crippen LogP contribution in [0, 0.1) is 0 Å². The molecule has 20 heavy (non-hydrogen) atoms. The van der Waals surface area contributed by atoms with E-state index >= 15 is 0 Å². The minimum Gasteiger partial charge on any atom is -0.472 e. The van der Waals surface area contributed by atoms with Crippen molar-refractivity contribution in [3.8, 4) is 0 Å². The Kier molecular flexibility index (Phi) is 3.28. The zero-order chi connectivity index (χ0) is 14.0. The zero-order valence-electron chi connectivity index (χ0n) is 11.0. The highest BCUT2D eigenvalue weighted by Gasteiger charge is 2.36. The molecular formula is C15H16N2O3. The second-order valence-corrected chi connectivity index (χ2v) is 5.05. The molecule has 5 heteroatoms. The number of likely N-dealkylation sites (tertiary alicyclic amines) is 1. The second kappa shape index (κ2) is 5.09. The van der Waals surface area contributed by atoms with Crippen LogP contribution in [0.4, 0.5) is 0 Å². The third-order valence-corrected chi connectivity index (χ3v) is 3.79. The SMILES string of the molecule is O=C(c1ccoc1)N1CCC(O)(c2ccccn2)CC1. The number of furan rings is 1. The van der Waals surface area contributed by atoms with Crippen LogP contribution in [0.3, 0.4) is 0 Å². The molecule has 1 N–H and O–H groups in total. The lowest BCUT2D eigenvalue weighted by molar-refractivity contribution is -0.0244. The average Bonchev–Trinajstić information content (AvgIpc) is 3.02. The first-order chi connectivity index (χ1) is 9.69. The Morgan fingerprint density at radius 3 is 2.70 bits per heavy atom. The van der Waals surface area contributed by atoms with Gasteiger partial charge in [-0.1, -0.05) is 6.07 Å². The normalized spacial score (nSPS) is 17.9. The molecule has 3 heterocycles. The summed E-state index contributed by atoms with van der Waals surface area (Å²) in [6, 6.07) is 7.17. The predicted octanol–water partition coefficient (Wildman–Crippen LogP) is 1.80. The Morgan fingerprint density at radius 1 is 1.30 bits per heavy atom. The number of nitrogens with zero attached hydrogens (tertiary/aromatic N) is 2. The molecule has 2 aromatic rings. The number of amides is 1. The molecule has 1 aliphatic heterocycles. The van der Waals surface area contributed by atoms with Crippen LogP contribution in [-0.2, 0) is 5.60 Å². The molecule has 0 bridgehead atoms. The number of hydrogen-bond acceptors (Lipinski definition) is 4. The molecule has 0 atom stereocenters. The van der Waals surface area contributed by atoms with Gasteiger partial charge in [0.05, 0.1) is 17.5 Å². The van der Waals surface area contributed by atoms with Gasteiger partial charge in [-0.2, -0.15) is 0 Å². The fraction of sp³-hybridized carbons (Fsp3) is 0.333. The van der Waals surface area contributed by atoms with E-state index in [0.29, 0.717) is 37.2 Å². The molecule has 5 nitrogen and oxygen atoms in total. The van der Waals surface area contributed by atoms with E-state index in [0.717, 1.165) is 0 Å². The first-order valence-corrected chi connectivity index (χ1v) is 6.64. The highest BCUT2D eigenvalue weighted by Crippen LogP contribution is 2.31. The third-order valence-electron chi connectivity index (χ3n) is 3.79. The summed E-state index contributed by atoms with van der Waals surface area (Å²) >= 11 is 0. The van der Waals surface area contributed by atoms with Crippen LogP contribution in [0.5, 0.6) is 0 Å². The van der Waals surface area contributed by atoms with Gasteiger partial charge in [-0.25, -0.2) is 0 Å². The molecular weight excluding hydrogens is 256 g/mol. The fourth-order valence-corrected chi connectivity index (χ4v) is 2.54. The van der Waals surface area contributed by atoms with E-state index in [1.807, 2.05) is 18.2 Å². The van der Waals surface area contributed by atoms with E-state index in [9.17, 15) is 9.90 Å². The maximum absolute atomic E-state index is 12.2. The number of aromatic nitrogens is 1. The minimum absolute atomic E-state index is 0.0539. The van der Waals surface area contributed by atoms with Crippen molar-refractivity contribution >= 4 is 5.91 Å². The highest BCUT2D eigenvalue weighted by atomic mass is 16.3. The minimum atomic E-state index is -0.936. The molecule has 1 amide bonds. The van der Waals surface area contributed by atoms with Gasteiger partial charge in [0.25, 0.3) is 5.91 Å². The Morgan fingerprint density at radius 2 is 2.10 bits per heavy atom. The topological polar surface area (TPSA) is 66.6 Å². The van der Waals surface area contributed by atoms with Crippen LogP contribution in [0.1, 0.15) is 28.9 Å². The van der Waals surface area contributed by atoms with E-state index in [2.05, 4.69) is 4.98 Å². The van der Waals surface area contributed by atoms with Gasteiger partial charge in [0.1, 0.15) is 11.9 Å². The number of pyridine rings is 1. The molecule has 0 spiro atoms. The summed E-state index contributed by atoms with van der Waals surface area (Å²) in [6.07, 6.45) is 5.60.